The van der Waals surface area contributed by atoms with E-state index in [1.54, 1.807) is 6.07 Å². The van der Waals surface area contributed by atoms with E-state index in [9.17, 15) is 23.9 Å². The van der Waals surface area contributed by atoms with E-state index in [4.69, 9.17) is 4.74 Å². The number of carboxylic acid groups (broad SMARTS) is 1. The Morgan fingerprint density at radius 2 is 2.07 bits per heavy atom. The van der Waals surface area contributed by atoms with Gasteiger partial charge in [0, 0.05) is 34.7 Å². The van der Waals surface area contributed by atoms with Gasteiger partial charge in [0.1, 0.15) is 17.1 Å². The van der Waals surface area contributed by atoms with Crippen molar-refractivity contribution in [2.24, 2.45) is 0 Å². The molecule has 3 rings (SSSR count). The van der Waals surface area contributed by atoms with Crippen molar-refractivity contribution in [1.82, 2.24) is 5.32 Å². The number of ether oxygens (including phenoxy) is 1. The first-order chi connectivity index (χ1) is 13.8. The number of rotatable bonds is 5. The molecule has 29 heavy (non-hydrogen) atoms. The van der Waals surface area contributed by atoms with Crippen LogP contribution in [0, 0.1) is 5.82 Å². The number of carboxylic acids is 1. The Balaban J connectivity index is 1.93. The second kappa shape index (κ2) is 8.44. The van der Waals surface area contributed by atoms with E-state index in [1.807, 2.05) is 0 Å². The van der Waals surface area contributed by atoms with Crippen LogP contribution >= 0.6 is 15.9 Å². The number of methoxy groups -OCH3 is 1. The van der Waals surface area contributed by atoms with E-state index in [2.05, 4.69) is 26.6 Å². The predicted octanol–water partition coefficient (Wildman–Crippen LogP) is 3.42. The van der Waals surface area contributed by atoms with Gasteiger partial charge >= 0.3 is 5.97 Å². The molecule has 0 aromatic heterocycles. The fourth-order valence-electron chi connectivity index (χ4n) is 3.04. The highest BCUT2D eigenvalue weighted by atomic mass is 79.9. The number of aromatic carboxylic acids is 1. The van der Waals surface area contributed by atoms with Gasteiger partial charge in [0.25, 0.3) is 5.91 Å². The molecule has 9 heteroatoms. The standard InChI is InChI=1S/C20H16BrFN2O5/c1-29-17-8-16(15(21)6-13(17)20(27)28)24-19(26)14-9-23-18(25)7-12(14)10-3-2-4-11(22)5-10/h2-6,8-9,12H,7H2,1H3,(H,23,25)(H,24,26)(H,27,28). The molecular formula is C20H16BrFN2O5. The molecule has 0 radical (unpaired) electrons. The maximum atomic E-state index is 13.6. The first-order valence-corrected chi connectivity index (χ1v) is 9.26. The highest BCUT2D eigenvalue weighted by Gasteiger charge is 2.29. The lowest BCUT2D eigenvalue weighted by atomic mass is 9.86. The van der Waals surface area contributed by atoms with Crippen molar-refractivity contribution in [2.45, 2.75) is 12.3 Å². The number of benzene rings is 2. The third-order valence-electron chi connectivity index (χ3n) is 4.43. The SMILES string of the molecule is COc1cc(NC(=O)C2=CNC(=O)CC2c2cccc(F)c2)c(Br)cc1C(=O)O. The van der Waals surface area contributed by atoms with Crippen LogP contribution in [0.3, 0.4) is 0 Å². The molecule has 1 atom stereocenters. The van der Waals surface area contributed by atoms with E-state index >= 15 is 0 Å². The Hall–Kier alpha value is -3.20. The van der Waals surface area contributed by atoms with Crippen molar-refractivity contribution < 1.29 is 28.6 Å². The summed E-state index contributed by atoms with van der Waals surface area (Å²) in [6.45, 7) is 0. The third kappa shape index (κ3) is 4.45. The fourth-order valence-corrected chi connectivity index (χ4v) is 3.48. The van der Waals surface area contributed by atoms with Gasteiger partial charge in [0.15, 0.2) is 0 Å². The van der Waals surface area contributed by atoms with Gasteiger partial charge in [-0.2, -0.15) is 0 Å². The number of hydrogen-bond acceptors (Lipinski definition) is 4. The Kier molecular flexibility index (Phi) is 5.97. The summed E-state index contributed by atoms with van der Waals surface area (Å²) in [7, 11) is 1.32. The lowest BCUT2D eigenvalue weighted by molar-refractivity contribution is -0.121. The molecule has 1 unspecified atom stereocenters. The quantitative estimate of drug-likeness (QED) is 0.631. The smallest absolute Gasteiger partial charge is 0.339 e. The van der Waals surface area contributed by atoms with Gasteiger partial charge in [-0.3, -0.25) is 9.59 Å². The monoisotopic (exact) mass is 462 g/mol. The summed E-state index contributed by atoms with van der Waals surface area (Å²) in [5.41, 5.74) is 0.953. The first kappa shape index (κ1) is 20.5. The second-order valence-corrected chi connectivity index (χ2v) is 7.12. The van der Waals surface area contributed by atoms with Gasteiger partial charge < -0.3 is 20.5 Å². The number of hydrogen-bond donors (Lipinski definition) is 3. The topological polar surface area (TPSA) is 105 Å². The van der Waals surface area contributed by atoms with Crippen LogP contribution in [0.4, 0.5) is 10.1 Å². The van der Waals surface area contributed by atoms with Gasteiger partial charge in [0.2, 0.25) is 5.91 Å². The van der Waals surface area contributed by atoms with Gasteiger partial charge in [-0.25, -0.2) is 9.18 Å². The van der Waals surface area contributed by atoms with Crippen LogP contribution in [0.15, 0.2) is 52.6 Å². The molecule has 0 aliphatic carbocycles. The minimum absolute atomic E-state index is 0.00878. The van der Waals surface area contributed by atoms with Crippen LogP contribution in [0.5, 0.6) is 5.75 Å². The molecule has 1 heterocycles. The van der Waals surface area contributed by atoms with Gasteiger partial charge in [0.05, 0.1) is 12.8 Å². The second-order valence-electron chi connectivity index (χ2n) is 6.27. The molecule has 0 saturated carbocycles. The highest BCUT2D eigenvalue weighted by molar-refractivity contribution is 9.10. The number of carbonyl (C=O) groups excluding carboxylic acids is 2. The van der Waals surface area contributed by atoms with E-state index in [-0.39, 0.29) is 34.9 Å². The summed E-state index contributed by atoms with van der Waals surface area (Å²) in [5.74, 6) is -3.01. The zero-order valence-corrected chi connectivity index (χ0v) is 16.7. The summed E-state index contributed by atoms with van der Waals surface area (Å²) < 4.78 is 19.1. The zero-order valence-electron chi connectivity index (χ0n) is 15.2. The van der Waals surface area contributed by atoms with Crippen molar-refractivity contribution in [3.8, 4) is 5.75 Å². The molecule has 0 saturated heterocycles. The van der Waals surface area contributed by atoms with E-state index in [1.165, 1.54) is 43.6 Å². The van der Waals surface area contributed by atoms with Crippen LogP contribution in [0.25, 0.3) is 0 Å². The molecule has 7 nitrogen and oxygen atoms in total. The van der Waals surface area contributed by atoms with Crippen LogP contribution in [0.1, 0.15) is 28.3 Å². The Morgan fingerprint density at radius 1 is 1.31 bits per heavy atom. The average molecular weight is 463 g/mol. The van der Waals surface area contributed by atoms with Crippen LogP contribution < -0.4 is 15.4 Å². The molecular weight excluding hydrogens is 447 g/mol. The maximum Gasteiger partial charge on any atom is 0.339 e. The molecule has 1 aliphatic heterocycles. The lowest BCUT2D eigenvalue weighted by Crippen LogP contribution is -2.32. The summed E-state index contributed by atoms with van der Waals surface area (Å²) in [4.78, 5) is 36.1. The van der Waals surface area contributed by atoms with Crippen LogP contribution in [-0.4, -0.2) is 30.0 Å². The average Bonchev–Trinajstić information content (AvgIpc) is 2.68. The van der Waals surface area contributed by atoms with Crippen molar-refractivity contribution >= 4 is 39.4 Å². The number of amides is 2. The molecule has 150 valence electrons. The molecule has 2 amide bonds. The minimum Gasteiger partial charge on any atom is -0.496 e. The van der Waals surface area contributed by atoms with Gasteiger partial charge in [-0.05, 0) is 39.7 Å². The highest BCUT2D eigenvalue weighted by Crippen LogP contribution is 2.34. The minimum atomic E-state index is -1.18. The zero-order chi connectivity index (χ0) is 21.1. The van der Waals surface area contributed by atoms with Gasteiger partial charge in [-0.15, -0.1) is 0 Å². The van der Waals surface area contributed by atoms with Crippen LogP contribution in [0.2, 0.25) is 0 Å². The van der Waals surface area contributed by atoms with E-state index in [0.717, 1.165) is 0 Å². The summed E-state index contributed by atoms with van der Waals surface area (Å²) in [5, 5.41) is 14.4. The van der Waals surface area contributed by atoms with E-state index in [0.29, 0.717) is 10.0 Å². The molecule has 0 bridgehead atoms. The molecule has 2 aromatic rings. The molecule has 2 aromatic carbocycles. The Bertz CT molecular complexity index is 1040. The Morgan fingerprint density at radius 3 is 2.72 bits per heavy atom. The van der Waals surface area contributed by atoms with Crippen molar-refractivity contribution in [3.63, 3.8) is 0 Å². The van der Waals surface area contributed by atoms with Crippen molar-refractivity contribution in [3.05, 3.63) is 69.6 Å². The lowest BCUT2D eigenvalue weighted by Gasteiger charge is -2.24. The predicted molar refractivity (Wildman–Crippen MR) is 106 cm³/mol. The normalized spacial score (nSPS) is 15.9. The fraction of sp³-hybridized carbons (Fsp3) is 0.150. The van der Waals surface area contributed by atoms with Crippen molar-refractivity contribution in [2.75, 3.05) is 12.4 Å². The largest absolute Gasteiger partial charge is 0.496 e. The third-order valence-corrected chi connectivity index (χ3v) is 5.09. The number of nitrogens with one attached hydrogen (secondary N) is 2. The molecule has 3 N–H and O–H groups in total. The number of carbonyl (C=O) groups is 3. The molecule has 0 fully saturated rings. The maximum absolute atomic E-state index is 13.6. The van der Waals surface area contributed by atoms with Gasteiger partial charge in [-0.1, -0.05) is 12.1 Å². The van der Waals surface area contributed by atoms with Crippen molar-refractivity contribution in [1.29, 1.82) is 0 Å². The summed E-state index contributed by atoms with van der Waals surface area (Å²) >= 11 is 3.24. The van der Waals surface area contributed by atoms with Crippen LogP contribution in [-0.2, 0) is 9.59 Å². The summed E-state index contributed by atoms with van der Waals surface area (Å²) in [6.07, 6.45) is 1.29. The Labute approximate surface area is 173 Å². The molecule has 0 spiro atoms. The molecule has 1 aliphatic rings. The number of halogens is 2. The van der Waals surface area contributed by atoms with E-state index < -0.39 is 23.6 Å². The number of anilines is 1. The summed E-state index contributed by atoms with van der Waals surface area (Å²) in [6, 6.07) is 8.42. The first-order valence-electron chi connectivity index (χ1n) is 8.47.